The van der Waals surface area contributed by atoms with Gasteiger partial charge in [-0.2, -0.15) is 5.10 Å². The number of nitrogens with zero attached hydrogens (tertiary/aromatic N) is 2. The van der Waals surface area contributed by atoms with Crippen molar-refractivity contribution in [1.82, 2.24) is 15.2 Å². The van der Waals surface area contributed by atoms with Gasteiger partial charge in [0.2, 0.25) is 0 Å². The number of H-pyrrole nitrogens is 1. The average Bonchev–Trinajstić information content (AvgIpc) is 2.87. The summed E-state index contributed by atoms with van der Waals surface area (Å²) in [5.41, 5.74) is 1.68. The predicted octanol–water partition coefficient (Wildman–Crippen LogP) is 3.49. The minimum Gasteiger partial charge on any atom is -0.465 e. The topological polar surface area (TPSA) is 77.1 Å². The number of hydrogen-bond donors (Lipinski definition) is 1. The Bertz CT molecular complexity index is 669. The fourth-order valence-electron chi connectivity index (χ4n) is 1.87. The van der Waals surface area contributed by atoms with Crippen LogP contribution in [0.1, 0.15) is 21.1 Å². The number of esters is 1. The van der Waals surface area contributed by atoms with Gasteiger partial charge in [-0.3, -0.25) is 5.10 Å². The number of fused-ring (bicyclic) bond motifs is 1. The van der Waals surface area contributed by atoms with Crippen LogP contribution in [-0.4, -0.2) is 42.9 Å². The van der Waals surface area contributed by atoms with Gasteiger partial charge >= 0.3 is 5.97 Å². The summed E-state index contributed by atoms with van der Waals surface area (Å²) < 4.78 is 10.5. The van der Waals surface area contributed by atoms with E-state index in [0.29, 0.717) is 17.8 Å². The summed E-state index contributed by atoms with van der Waals surface area (Å²) in [5.74, 6) is -0.424. The van der Waals surface area contributed by atoms with Crippen molar-refractivity contribution in [3.05, 3.63) is 23.5 Å². The highest BCUT2D eigenvalue weighted by molar-refractivity contribution is 9.09. The maximum absolute atomic E-state index is 11.6. The van der Waals surface area contributed by atoms with E-state index in [4.69, 9.17) is 9.47 Å². The Balaban J connectivity index is 2.18. The lowest BCUT2D eigenvalue weighted by Crippen LogP contribution is -2.21. The molecule has 22 heavy (non-hydrogen) atoms. The number of ether oxygens (including phenoxy) is 2. The number of carbonyl (C=O) groups excluding carboxylic acids is 1. The Morgan fingerprint density at radius 2 is 2.18 bits per heavy atom. The largest absolute Gasteiger partial charge is 0.465 e. The van der Waals surface area contributed by atoms with Crippen molar-refractivity contribution in [2.75, 3.05) is 13.7 Å². The molecule has 0 bridgehead atoms. The summed E-state index contributed by atoms with van der Waals surface area (Å²) in [4.78, 5) is 15.8. The van der Waals surface area contributed by atoms with E-state index in [2.05, 4.69) is 50.8 Å². The Morgan fingerprint density at radius 1 is 1.45 bits per heavy atom. The molecule has 120 valence electrons. The maximum atomic E-state index is 11.6. The first-order valence-electron chi connectivity index (χ1n) is 7.00. The zero-order valence-electron chi connectivity index (χ0n) is 13.1. The van der Waals surface area contributed by atoms with Crippen molar-refractivity contribution >= 4 is 41.0 Å². The van der Waals surface area contributed by atoms with Gasteiger partial charge in [-0.25, -0.2) is 9.78 Å². The van der Waals surface area contributed by atoms with Crippen LogP contribution in [0.4, 0.5) is 0 Å². The molecule has 1 atom stereocenters. The fourth-order valence-corrected chi connectivity index (χ4v) is 3.14. The van der Waals surface area contributed by atoms with E-state index in [9.17, 15) is 4.79 Å². The standard InChI is InChI=1S/C14H20BrN3O3Si/c1-20-14(19)9-7-10-11(17-18-13(10)16-8-9)12(15)21-5-6-22(2,3)4/h7-8,12H,5-6H2,1-4H3,(H,16,17,18). The Kier molecular flexibility index (Phi) is 5.35. The van der Waals surface area contributed by atoms with Crippen LogP contribution in [0.25, 0.3) is 11.0 Å². The minimum absolute atomic E-state index is 0.316. The molecule has 8 heteroatoms. The van der Waals surface area contributed by atoms with Crippen LogP contribution in [0.3, 0.4) is 0 Å². The van der Waals surface area contributed by atoms with E-state index < -0.39 is 14.0 Å². The number of carbonyl (C=O) groups is 1. The Morgan fingerprint density at radius 3 is 2.82 bits per heavy atom. The minimum atomic E-state index is -1.14. The van der Waals surface area contributed by atoms with Gasteiger partial charge < -0.3 is 9.47 Å². The van der Waals surface area contributed by atoms with Crippen molar-refractivity contribution in [2.45, 2.75) is 30.7 Å². The van der Waals surface area contributed by atoms with E-state index in [1.54, 1.807) is 6.07 Å². The first-order valence-corrected chi connectivity index (χ1v) is 11.6. The lowest BCUT2D eigenvalue weighted by atomic mass is 10.2. The summed E-state index contributed by atoms with van der Waals surface area (Å²) in [7, 11) is 0.206. The SMILES string of the molecule is COC(=O)c1cnc2n[nH]c(C(Br)OCC[Si](C)(C)C)c2c1. The highest BCUT2D eigenvalue weighted by Crippen LogP contribution is 2.29. The molecule has 1 unspecified atom stereocenters. The molecule has 0 saturated carbocycles. The average molecular weight is 386 g/mol. The maximum Gasteiger partial charge on any atom is 0.339 e. The second-order valence-corrected chi connectivity index (χ2v) is 12.7. The summed E-state index contributed by atoms with van der Waals surface area (Å²) in [6, 6.07) is 2.79. The molecule has 0 radical (unpaired) electrons. The first kappa shape index (κ1) is 17.1. The monoisotopic (exact) mass is 385 g/mol. The molecule has 2 aromatic heterocycles. The quantitative estimate of drug-likeness (QED) is 0.467. The second-order valence-electron chi connectivity index (χ2n) is 6.22. The van der Waals surface area contributed by atoms with Crippen molar-refractivity contribution in [3.63, 3.8) is 0 Å². The van der Waals surface area contributed by atoms with Gasteiger partial charge in [0.05, 0.1) is 18.4 Å². The van der Waals surface area contributed by atoms with Gasteiger partial charge in [0.25, 0.3) is 0 Å². The molecule has 0 amide bonds. The molecule has 2 heterocycles. The summed E-state index contributed by atoms with van der Waals surface area (Å²) in [6.45, 7) is 7.59. The first-order chi connectivity index (χ1) is 10.3. The molecule has 0 aromatic carbocycles. The van der Waals surface area contributed by atoms with E-state index >= 15 is 0 Å². The molecule has 2 rings (SSSR count). The number of pyridine rings is 1. The molecule has 0 aliphatic carbocycles. The van der Waals surface area contributed by atoms with E-state index in [1.165, 1.54) is 13.3 Å². The van der Waals surface area contributed by atoms with Crippen LogP contribution in [0, 0.1) is 0 Å². The molecule has 0 spiro atoms. The van der Waals surface area contributed by atoms with Crippen molar-refractivity contribution in [1.29, 1.82) is 0 Å². The van der Waals surface area contributed by atoms with Crippen LogP contribution in [0.2, 0.25) is 25.7 Å². The summed E-state index contributed by atoms with van der Waals surface area (Å²) >= 11 is 3.51. The van der Waals surface area contributed by atoms with Gasteiger partial charge in [0.15, 0.2) is 10.7 Å². The van der Waals surface area contributed by atoms with Gasteiger partial charge in [0.1, 0.15) is 0 Å². The third-order valence-corrected chi connectivity index (χ3v) is 5.63. The number of alkyl halides is 1. The number of halogens is 1. The van der Waals surface area contributed by atoms with Crippen LogP contribution < -0.4 is 0 Å². The number of hydrogen-bond acceptors (Lipinski definition) is 5. The number of methoxy groups -OCH3 is 1. The zero-order valence-corrected chi connectivity index (χ0v) is 15.7. The van der Waals surface area contributed by atoms with Crippen molar-refractivity contribution in [3.8, 4) is 0 Å². The van der Waals surface area contributed by atoms with Gasteiger partial charge in [-0.1, -0.05) is 35.6 Å². The molecular weight excluding hydrogens is 366 g/mol. The number of aromatic amines is 1. The van der Waals surface area contributed by atoms with Gasteiger partial charge in [-0.05, 0) is 12.1 Å². The van der Waals surface area contributed by atoms with E-state index in [-0.39, 0.29) is 5.01 Å². The van der Waals surface area contributed by atoms with Crippen LogP contribution in [-0.2, 0) is 9.47 Å². The molecule has 2 aromatic rings. The third-order valence-electron chi connectivity index (χ3n) is 3.20. The molecular formula is C14H20BrN3O3Si. The number of aromatic nitrogens is 3. The second kappa shape index (κ2) is 6.89. The highest BCUT2D eigenvalue weighted by atomic mass is 79.9. The molecule has 0 aliphatic heterocycles. The van der Waals surface area contributed by atoms with Crippen molar-refractivity contribution in [2.24, 2.45) is 0 Å². The van der Waals surface area contributed by atoms with Crippen molar-refractivity contribution < 1.29 is 14.3 Å². The smallest absolute Gasteiger partial charge is 0.339 e. The van der Waals surface area contributed by atoms with Crippen LogP contribution in [0.15, 0.2) is 12.3 Å². The van der Waals surface area contributed by atoms with Gasteiger partial charge in [-0.15, -0.1) is 0 Å². The summed E-state index contributed by atoms with van der Waals surface area (Å²) in [5, 5.41) is 7.49. The lowest BCUT2D eigenvalue weighted by molar-refractivity contribution is 0.0600. The molecule has 6 nitrogen and oxygen atoms in total. The Labute approximate surface area is 138 Å². The number of rotatable bonds is 6. The highest BCUT2D eigenvalue weighted by Gasteiger charge is 2.19. The normalized spacial score (nSPS) is 13.3. The Hall–Kier alpha value is -1.25. The molecule has 0 saturated heterocycles. The molecule has 0 aliphatic rings. The molecule has 1 N–H and O–H groups in total. The van der Waals surface area contributed by atoms with Gasteiger partial charge in [0, 0.05) is 26.3 Å². The lowest BCUT2D eigenvalue weighted by Gasteiger charge is -2.17. The fraction of sp³-hybridized carbons (Fsp3) is 0.500. The molecule has 0 fully saturated rings. The predicted molar refractivity (Wildman–Crippen MR) is 91.0 cm³/mol. The third kappa shape index (κ3) is 4.14. The van der Waals surface area contributed by atoms with E-state index in [0.717, 1.165) is 17.1 Å². The van der Waals surface area contributed by atoms with Crippen LogP contribution in [0.5, 0.6) is 0 Å². The summed E-state index contributed by atoms with van der Waals surface area (Å²) in [6.07, 6.45) is 1.45. The zero-order chi connectivity index (χ0) is 16.3. The van der Waals surface area contributed by atoms with Crippen LogP contribution >= 0.6 is 15.9 Å². The number of nitrogens with one attached hydrogen (secondary N) is 1. The van der Waals surface area contributed by atoms with E-state index in [1.807, 2.05) is 0 Å².